The standard InChI is InChI=1S/C21H28N6S/c1-14-19(16(3)27(26-14)13-18-9-7-6-8-10-18)11-23-21(22-5)24-12-20-15(2)25-17(4)28-20/h6-10H,11-13H2,1-5H3,(H2,22,23,24). The van der Waals surface area contributed by atoms with Crippen molar-refractivity contribution in [3.05, 3.63) is 68.4 Å². The maximum absolute atomic E-state index is 4.73. The van der Waals surface area contributed by atoms with Crippen molar-refractivity contribution in [2.75, 3.05) is 7.05 Å². The van der Waals surface area contributed by atoms with Crippen molar-refractivity contribution >= 4 is 17.3 Å². The van der Waals surface area contributed by atoms with E-state index in [0.29, 0.717) is 6.54 Å². The third kappa shape index (κ3) is 4.78. The van der Waals surface area contributed by atoms with Gasteiger partial charge in [-0.2, -0.15) is 5.10 Å². The molecule has 2 N–H and O–H groups in total. The van der Waals surface area contributed by atoms with E-state index in [4.69, 9.17) is 5.10 Å². The molecule has 0 saturated carbocycles. The van der Waals surface area contributed by atoms with E-state index in [1.807, 2.05) is 19.9 Å². The Kier molecular flexibility index (Phi) is 6.46. The highest BCUT2D eigenvalue weighted by molar-refractivity contribution is 7.11. The first kappa shape index (κ1) is 20.1. The Morgan fingerprint density at radius 3 is 2.39 bits per heavy atom. The van der Waals surface area contributed by atoms with Gasteiger partial charge in [-0.25, -0.2) is 4.98 Å². The summed E-state index contributed by atoms with van der Waals surface area (Å²) < 4.78 is 2.07. The maximum Gasteiger partial charge on any atom is 0.191 e. The lowest BCUT2D eigenvalue weighted by atomic mass is 10.2. The summed E-state index contributed by atoms with van der Waals surface area (Å²) in [5, 5.41) is 12.6. The molecule has 0 aliphatic rings. The predicted octanol–water partition coefficient (Wildman–Crippen LogP) is 3.49. The van der Waals surface area contributed by atoms with Crippen molar-refractivity contribution in [1.29, 1.82) is 0 Å². The second-order valence-electron chi connectivity index (χ2n) is 6.81. The van der Waals surface area contributed by atoms with Crippen LogP contribution < -0.4 is 10.6 Å². The van der Waals surface area contributed by atoms with Crippen LogP contribution in [-0.2, 0) is 19.6 Å². The molecule has 2 heterocycles. The van der Waals surface area contributed by atoms with Crippen molar-refractivity contribution in [2.45, 2.75) is 47.3 Å². The van der Waals surface area contributed by atoms with Gasteiger partial charge >= 0.3 is 0 Å². The van der Waals surface area contributed by atoms with Crippen molar-refractivity contribution in [1.82, 2.24) is 25.4 Å². The van der Waals surface area contributed by atoms with Gasteiger partial charge in [0.15, 0.2) is 5.96 Å². The second-order valence-corrected chi connectivity index (χ2v) is 8.10. The van der Waals surface area contributed by atoms with Crippen LogP contribution in [0, 0.1) is 27.7 Å². The minimum absolute atomic E-state index is 0.687. The van der Waals surface area contributed by atoms with Crippen LogP contribution >= 0.6 is 11.3 Å². The molecule has 2 aromatic heterocycles. The zero-order valence-corrected chi connectivity index (χ0v) is 18.0. The molecule has 3 aromatic rings. The first-order chi connectivity index (χ1) is 13.5. The third-order valence-electron chi connectivity index (χ3n) is 4.78. The molecule has 0 bridgehead atoms. The summed E-state index contributed by atoms with van der Waals surface area (Å²) in [5.74, 6) is 0.778. The molecular weight excluding hydrogens is 368 g/mol. The molecule has 6 nitrogen and oxygen atoms in total. The van der Waals surface area contributed by atoms with Gasteiger partial charge in [-0.05, 0) is 33.3 Å². The molecule has 0 aliphatic heterocycles. The molecule has 0 spiro atoms. The van der Waals surface area contributed by atoms with E-state index >= 15 is 0 Å². The SMILES string of the molecule is CN=C(NCc1sc(C)nc1C)NCc1c(C)nn(Cc2ccccc2)c1C. The van der Waals surface area contributed by atoms with Crippen LogP contribution in [0.15, 0.2) is 35.3 Å². The number of nitrogens with one attached hydrogen (secondary N) is 2. The number of guanidine groups is 1. The summed E-state index contributed by atoms with van der Waals surface area (Å²) >= 11 is 1.72. The van der Waals surface area contributed by atoms with E-state index in [9.17, 15) is 0 Å². The Morgan fingerprint density at radius 2 is 1.75 bits per heavy atom. The van der Waals surface area contributed by atoms with Gasteiger partial charge in [-0.15, -0.1) is 11.3 Å². The van der Waals surface area contributed by atoms with Crippen LogP contribution in [0.2, 0.25) is 0 Å². The highest BCUT2D eigenvalue weighted by Gasteiger charge is 2.13. The first-order valence-corrected chi connectivity index (χ1v) is 10.2. The van der Waals surface area contributed by atoms with E-state index in [1.54, 1.807) is 18.4 Å². The molecule has 0 fully saturated rings. The lowest BCUT2D eigenvalue weighted by molar-refractivity contribution is 0.657. The second kappa shape index (κ2) is 9.01. The average Bonchev–Trinajstić information content (AvgIpc) is 3.14. The van der Waals surface area contributed by atoms with Crippen LogP contribution in [0.25, 0.3) is 0 Å². The highest BCUT2D eigenvalue weighted by atomic mass is 32.1. The van der Waals surface area contributed by atoms with Crippen molar-refractivity contribution in [3.63, 3.8) is 0 Å². The Morgan fingerprint density at radius 1 is 1.04 bits per heavy atom. The molecule has 0 amide bonds. The van der Waals surface area contributed by atoms with Gasteiger partial charge in [0.25, 0.3) is 0 Å². The van der Waals surface area contributed by atoms with Gasteiger partial charge in [-0.1, -0.05) is 30.3 Å². The van der Waals surface area contributed by atoms with Gasteiger partial charge in [0, 0.05) is 29.7 Å². The summed E-state index contributed by atoms with van der Waals surface area (Å²) in [6.07, 6.45) is 0. The summed E-state index contributed by atoms with van der Waals surface area (Å²) in [6.45, 7) is 10.5. The normalized spacial score (nSPS) is 11.7. The Balaban J connectivity index is 1.62. The molecular formula is C21H28N6S. The Hall–Kier alpha value is -2.67. The predicted molar refractivity (Wildman–Crippen MR) is 116 cm³/mol. The number of aliphatic imine (C=N–C) groups is 1. The number of hydrogen-bond donors (Lipinski definition) is 2. The fourth-order valence-corrected chi connectivity index (χ4v) is 4.07. The number of thiazole rings is 1. The summed E-state index contributed by atoms with van der Waals surface area (Å²) in [7, 11) is 1.79. The highest BCUT2D eigenvalue weighted by Crippen LogP contribution is 2.17. The average molecular weight is 397 g/mol. The number of hydrogen-bond acceptors (Lipinski definition) is 4. The topological polar surface area (TPSA) is 67.1 Å². The van der Waals surface area contributed by atoms with E-state index in [2.05, 4.69) is 63.4 Å². The van der Waals surface area contributed by atoms with Crippen LogP contribution in [0.1, 0.15) is 38.1 Å². The van der Waals surface area contributed by atoms with Gasteiger partial charge < -0.3 is 10.6 Å². The fraction of sp³-hybridized carbons (Fsp3) is 0.381. The van der Waals surface area contributed by atoms with Gasteiger partial charge in [0.05, 0.1) is 29.5 Å². The van der Waals surface area contributed by atoms with Crippen molar-refractivity contribution < 1.29 is 0 Å². The molecule has 3 rings (SSSR count). The zero-order valence-electron chi connectivity index (χ0n) is 17.2. The molecule has 1 aromatic carbocycles. The zero-order chi connectivity index (χ0) is 20.1. The lowest BCUT2D eigenvalue weighted by Crippen LogP contribution is -2.36. The molecule has 28 heavy (non-hydrogen) atoms. The van der Waals surface area contributed by atoms with E-state index in [-0.39, 0.29) is 0 Å². The molecule has 7 heteroatoms. The van der Waals surface area contributed by atoms with E-state index in [0.717, 1.165) is 35.4 Å². The number of benzene rings is 1. The molecule has 0 saturated heterocycles. The molecule has 0 unspecified atom stereocenters. The molecule has 0 aliphatic carbocycles. The van der Waals surface area contributed by atoms with Crippen molar-refractivity contribution in [3.8, 4) is 0 Å². The quantitative estimate of drug-likeness (QED) is 0.494. The minimum atomic E-state index is 0.687. The van der Waals surface area contributed by atoms with Crippen LogP contribution in [0.5, 0.6) is 0 Å². The largest absolute Gasteiger partial charge is 0.352 e. The third-order valence-corrected chi connectivity index (χ3v) is 5.85. The van der Waals surface area contributed by atoms with E-state index in [1.165, 1.54) is 21.7 Å². The van der Waals surface area contributed by atoms with Gasteiger partial charge in [-0.3, -0.25) is 9.67 Å². The van der Waals surface area contributed by atoms with Gasteiger partial charge in [0.1, 0.15) is 0 Å². The summed E-state index contributed by atoms with van der Waals surface area (Å²) in [5.41, 5.74) is 5.77. The first-order valence-electron chi connectivity index (χ1n) is 9.42. The fourth-order valence-electron chi connectivity index (χ4n) is 3.19. The van der Waals surface area contributed by atoms with Crippen LogP contribution in [0.4, 0.5) is 0 Å². The Labute approximate surface area is 170 Å². The monoisotopic (exact) mass is 396 g/mol. The summed E-state index contributed by atoms with van der Waals surface area (Å²) in [4.78, 5) is 10.1. The van der Waals surface area contributed by atoms with Gasteiger partial charge in [0.2, 0.25) is 0 Å². The van der Waals surface area contributed by atoms with Crippen LogP contribution in [-0.4, -0.2) is 27.8 Å². The molecule has 148 valence electrons. The lowest BCUT2D eigenvalue weighted by Gasteiger charge is -2.12. The number of aromatic nitrogens is 3. The smallest absolute Gasteiger partial charge is 0.191 e. The minimum Gasteiger partial charge on any atom is -0.352 e. The molecule has 0 radical (unpaired) electrons. The van der Waals surface area contributed by atoms with E-state index < -0.39 is 0 Å². The van der Waals surface area contributed by atoms with Crippen molar-refractivity contribution in [2.24, 2.45) is 4.99 Å². The number of rotatable bonds is 6. The maximum atomic E-state index is 4.73. The number of aryl methyl sites for hydroxylation is 3. The molecule has 0 atom stereocenters. The summed E-state index contributed by atoms with van der Waals surface area (Å²) in [6, 6.07) is 10.4. The van der Waals surface area contributed by atoms with Crippen LogP contribution in [0.3, 0.4) is 0 Å². The Bertz CT molecular complexity index is 955. The number of nitrogens with zero attached hydrogens (tertiary/aromatic N) is 4.